The van der Waals surface area contributed by atoms with Crippen LogP contribution in [0.25, 0.3) is 11.1 Å². The molecule has 2 aromatic heterocycles. The minimum atomic E-state index is -0.293. The van der Waals surface area contributed by atoms with Gasteiger partial charge in [0.25, 0.3) is 5.91 Å². The molecule has 3 aromatic rings. The summed E-state index contributed by atoms with van der Waals surface area (Å²) in [5, 5.41) is 15.1. The summed E-state index contributed by atoms with van der Waals surface area (Å²) in [4.78, 5) is 12.6. The van der Waals surface area contributed by atoms with E-state index in [1.165, 1.54) is 32.1 Å². The number of aromatic nitrogens is 3. The number of thiophene rings is 1. The van der Waals surface area contributed by atoms with Gasteiger partial charge in [-0.1, -0.05) is 30.5 Å². The smallest absolute Gasteiger partial charge is 0.277 e. The van der Waals surface area contributed by atoms with Crippen LogP contribution in [0.1, 0.15) is 42.6 Å². The van der Waals surface area contributed by atoms with Crippen molar-refractivity contribution < 1.29 is 4.79 Å². The second kappa shape index (κ2) is 7.92. The van der Waals surface area contributed by atoms with E-state index >= 15 is 0 Å². The topological polar surface area (TPSA) is 85.8 Å². The van der Waals surface area contributed by atoms with E-state index in [0.29, 0.717) is 23.0 Å². The molecule has 2 heterocycles. The summed E-state index contributed by atoms with van der Waals surface area (Å²) >= 11 is 1.63. The van der Waals surface area contributed by atoms with Crippen LogP contribution in [-0.2, 0) is 6.54 Å². The van der Waals surface area contributed by atoms with Crippen molar-refractivity contribution in [2.75, 3.05) is 11.1 Å². The molecule has 0 unspecified atom stereocenters. The molecule has 1 amide bonds. The molecule has 3 N–H and O–H groups in total. The van der Waals surface area contributed by atoms with Gasteiger partial charge in [-0.3, -0.25) is 9.48 Å². The standard InChI is InChI=1S/C20H23N5OS/c21-17-7-6-15(16-8-9-27-13-16)10-18(17)22-20(26)19-12-25(24-23-19)11-14-4-2-1-3-5-14/h6-10,12-14H,1-5,11,21H2,(H,22,26). The number of nitrogen functional groups attached to an aromatic ring is 1. The van der Waals surface area contributed by atoms with Crippen molar-refractivity contribution in [2.24, 2.45) is 5.92 Å². The predicted molar refractivity (Wildman–Crippen MR) is 109 cm³/mol. The number of benzene rings is 1. The Morgan fingerprint density at radius 3 is 2.85 bits per heavy atom. The molecule has 0 aliphatic heterocycles. The molecule has 27 heavy (non-hydrogen) atoms. The zero-order valence-corrected chi connectivity index (χ0v) is 15.9. The molecule has 7 heteroatoms. The largest absolute Gasteiger partial charge is 0.397 e. The molecule has 1 fully saturated rings. The molecule has 1 saturated carbocycles. The number of carbonyl (C=O) groups is 1. The van der Waals surface area contributed by atoms with E-state index in [9.17, 15) is 4.79 Å². The molecule has 0 radical (unpaired) electrons. The number of rotatable bonds is 5. The van der Waals surface area contributed by atoms with Gasteiger partial charge in [-0.15, -0.1) is 5.10 Å². The van der Waals surface area contributed by atoms with Gasteiger partial charge in [-0.25, -0.2) is 0 Å². The first-order chi connectivity index (χ1) is 13.2. The Kier molecular flexibility index (Phi) is 5.20. The second-order valence-electron chi connectivity index (χ2n) is 7.10. The summed E-state index contributed by atoms with van der Waals surface area (Å²) < 4.78 is 1.79. The number of hydrogen-bond donors (Lipinski definition) is 2. The van der Waals surface area contributed by atoms with Gasteiger partial charge in [0.15, 0.2) is 5.69 Å². The van der Waals surface area contributed by atoms with Crippen molar-refractivity contribution in [3.63, 3.8) is 0 Å². The summed E-state index contributed by atoms with van der Waals surface area (Å²) in [6.07, 6.45) is 8.08. The number of carbonyl (C=O) groups excluding carboxylic acids is 1. The zero-order valence-electron chi connectivity index (χ0n) is 15.1. The zero-order chi connectivity index (χ0) is 18.6. The Morgan fingerprint density at radius 2 is 2.07 bits per heavy atom. The maximum atomic E-state index is 12.6. The lowest BCUT2D eigenvalue weighted by atomic mass is 9.89. The van der Waals surface area contributed by atoms with Crippen LogP contribution in [0.4, 0.5) is 11.4 Å². The summed E-state index contributed by atoms with van der Waals surface area (Å²) in [7, 11) is 0. The van der Waals surface area contributed by atoms with E-state index in [4.69, 9.17) is 5.73 Å². The molecule has 0 atom stereocenters. The van der Waals surface area contributed by atoms with Crippen LogP contribution in [-0.4, -0.2) is 20.9 Å². The average Bonchev–Trinajstić information content (AvgIpc) is 3.36. The molecule has 0 spiro atoms. The maximum Gasteiger partial charge on any atom is 0.277 e. The molecule has 1 aliphatic carbocycles. The van der Waals surface area contributed by atoms with Crippen molar-refractivity contribution in [1.29, 1.82) is 0 Å². The molecule has 1 aromatic carbocycles. The number of nitrogens with one attached hydrogen (secondary N) is 1. The van der Waals surface area contributed by atoms with Gasteiger partial charge < -0.3 is 11.1 Å². The molecule has 6 nitrogen and oxygen atoms in total. The minimum absolute atomic E-state index is 0.293. The highest BCUT2D eigenvalue weighted by atomic mass is 32.1. The Hall–Kier alpha value is -2.67. The fraction of sp³-hybridized carbons (Fsp3) is 0.350. The number of amides is 1. The Bertz CT molecular complexity index is 912. The third kappa shape index (κ3) is 4.19. The minimum Gasteiger partial charge on any atom is -0.397 e. The van der Waals surface area contributed by atoms with Gasteiger partial charge >= 0.3 is 0 Å². The van der Waals surface area contributed by atoms with Crippen molar-refractivity contribution >= 4 is 28.6 Å². The summed E-state index contributed by atoms with van der Waals surface area (Å²) in [6.45, 7) is 0.829. The maximum absolute atomic E-state index is 12.6. The van der Waals surface area contributed by atoms with Gasteiger partial charge in [0, 0.05) is 6.54 Å². The van der Waals surface area contributed by atoms with Crippen molar-refractivity contribution in [3.8, 4) is 11.1 Å². The van der Waals surface area contributed by atoms with Crippen molar-refractivity contribution in [2.45, 2.75) is 38.6 Å². The van der Waals surface area contributed by atoms with E-state index in [2.05, 4.69) is 21.0 Å². The first-order valence-electron chi connectivity index (χ1n) is 9.32. The average molecular weight is 382 g/mol. The SMILES string of the molecule is Nc1ccc(-c2ccsc2)cc1NC(=O)c1cn(CC2CCCCC2)nn1. The number of nitrogens with zero attached hydrogens (tertiary/aromatic N) is 3. The van der Waals surface area contributed by atoms with Crippen LogP contribution < -0.4 is 11.1 Å². The molecule has 4 rings (SSSR count). The molecule has 140 valence electrons. The molecular formula is C20H23N5OS. The number of hydrogen-bond acceptors (Lipinski definition) is 5. The van der Waals surface area contributed by atoms with E-state index in [1.807, 2.05) is 29.6 Å². The van der Waals surface area contributed by atoms with Gasteiger partial charge in [0.2, 0.25) is 0 Å². The number of nitrogens with two attached hydrogens (primary N) is 1. The van der Waals surface area contributed by atoms with Crippen LogP contribution in [0.3, 0.4) is 0 Å². The normalized spacial score (nSPS) is 15.0. The monoisotopic (exact) mass is 381 g/mol. The third-order valence-electron chi connectivity index (χ3n) is 5.10. The van der Waals surface area contributed by atoms with Crippen molar-refractivity contribution in [3.05, 3.63) is 46.9 Å². The number of anilines is 2. The van der Waals surface area contributed by atoms with Crippen LogP contribution in [0, 0.1) is 5.92 Å². The lowest BCUT2D eigenvalue weighted by molar-refractivity contribution is 0.102. The highest BCUT2D eigenvalue weighted by molar-refractivity contribution is 7.08. The Balaban J connectivity index is 1.45. The fourth-order valence-electron chi connectivity index (χ4n) is 3.59. The lowest BCUT2D eigenvalue weighted by Gasteiger charge is -2.20. The second-order valence-corrected chi connectivity index (χ2v) is 7.88. The molecular weight excluding hydrogens is 358 g/mol. The first-order valence-corrected chi connectivity index (χ1v) is 10.3. The van der Waals surface area contributed by atoms with Gasteiger partial charge in [0.1, 0.15) is 0 Å². The Labute approximate surface area is 162 Å². The van der Waals surface area contributed by atoms with E-state index in [1.54, 1.807) is 22.2 Å². The highest BCUT2D eigenvalue weighted by Crippen LogP contribution is 2.29. The molecule has 0 bridgehead atoms. The van der Waals surface area contributed by atoms with Gasteiger partial charge in [-0.2, -0.15) is 11.3 Å². The van der Waals surface area contributed by atoms with E-state index in [0.717, 1.165) is 17.7 Å². The van der Waals surface area contributed by atoms with Crippen LogP contribution in [0.15, 0.2) is 41.2 Å². The lowest BCUT2D eigenvalue weighted by Crippen LogP contribution is -2.15. The van der Waals surface area contributed by atoms with Crippen molar-refractivity contribution in [1.82, 2.24) is 15.0 Å². The van der Waals surface area contributed by atoms with Crippen LogP contribution in [0.5, 0.6) is 0 Å². The summed E-state index contributed by atoms with van der Waals surface area (Å²) in [5.74, 6) is 0.341. The first kappa shape index (κ1) is 17.7. The molecule has 0 saturated heterocycles. The summed E-state index contributed by atoms with van der Waals surface area (Å²) in [5.41, 5.74) is 9.59. The van der Waals surface area contributed by atoms with Gasteiger partial charge in [0.05, 0.1) is 17.6 Å². The van der Waals surface area contributed by atoms with Crippen LogP contribution >= 0.6 is 11.3 Å². The molecule has 1 aliphatic rings. The highest BCUT2D eigenvalue weighted by Gasteiger charge is 2.17. The van der Waals surface area contributed by atoms with E-state index in [-0.39, 0.29) is 5.91 Å². The van der Waals surface area contributed by atoms with Gasteiger partial charge in [-0.05, 0) is 58.8 Å². The third-order valence-corrected chi connectivity index (χ3v) is 5.78. The predicted octanol–water partition coefficient (Wildman–Crippen LogP) is 4.42. The van der Waals surface area contributed by atoms with E-state index < -0.39 is 0 Å². The quantitative estimate of drug-likeness (QED) is 0.641. The summed E-state index contributed by atoms with van der Waals surface area (Å²) in [6, 6.07) is 7.69. The van der Waals surface area contributed by atoms with Crippen LogP contribution in [0.2, 0.25) is 0 Å². The fourth-order valence-corrected chi connectivity index (χ4v) is 4.25. The Morgan fingerprint density at radius 1 is 1.22 bits per heavy atom.